The standard InChI is InChI=1S/C22H23N3O6/c26-21(25-9-11-28-12-10-25)15-29-17-7-5-16(6-8-17)13-23-24-22(27)20-14-30-18-3-1-2-4-19(18)31-20/h1-8,13,20H,9-12,14-15H2,(H,24,27)/b23-13-/t20-/m0/s1. The fourth-order valence-corrected chi connectivity index (χ4v) is 3.09. The molecule has 2 amide bonds. The van der Waals surface area contributed by atoms with Gasteiger partial charge in [-0.2, -0.15) is 5.10 Å². The van der Waals surface area contributed by atoms with Crippen LogP contribution in [0, 0.1) is 0 Å². The summed E-state index contributed by atoms with van der Waals surface area (Å²) >= 11 is 0. The van der Waals surface area contributed by atoms with Crippen LogP contribution in [-0.2, 0) is 14.3 Å². The largest absolute Gasteiger partial charge is 0.485 e. The Bertz CT molecular complexity index is 941. The molecule has 0 aliphatic carbocycles. The molecule has 1 fully saturated rings. The van der Waals surface area contributed by atoms with Crippen molar-refractivity contribution in [1.29, 1.82) is 0 Å². The summed E-state index contributed by atoms with van der Waals surface area (Å²) in [6.45, 7) is 2.40. The van der Waals surface area contributed by atoms with Crippen molar-refractivity contribution >= 4 is 18.0 Å². The summed E-state index contributed by atoms with van der Waals surface area (Å²) in [5.41, 5.74) is 3.22. The molecule has 2 aromatic carbocycles. The monoisotopic (exact) mass is 425 g/mol. The molecule has 1 saturated heterocycles. The lowest BCUT2D eigenvalue weighted by atomic mass is 10.2. The third-order valence-corrected chi connectivity index (χ3v) is 4.80. The average molecular weight is 425 g/mol. The van der Waals surface area contributed by atoms with Crippen molar-refractivity contribution < 1.29 is 28.5 Å². The van der Waals surface area contributed by atoms with Crippen molar-refractivity contribution in [3.05, 3.63) is 54.1 Å². The minimum atomic E-state index is -0.771. The quantitative estimate of drug-likeness (QED) is 0.552. The third kappa shape index (κ3) is 5.52. The maximum absolute atomic E-state index is 12.2. The minimum absolute atomic E-state index is 0.0178. The van der Waals surface area contributed by atoms with Gasteiger partial charge in [0.1, 0.15) is 12.4 Å². The number of hydrazone groups is 1. The summed E-state index contributed by atoms with van der Waals surface area (Å²) in [4.78, 5) is 26.1. The Morgan fingerprint density at radius 3 is 2.61 bits per heavy atom. The number of hydrogen-bond acceptors (Lipinski definition) is 7. The molecule has 2 aliphatic rings. The van der Waals surface area contributed by atoms with E-state index in [0.29, 0.717) is 43.6 Å². The zero-order valence-corrected chi connectivity index (χ0v) is 16.9. The van der Waals surface area contributed by atoms with Gasteiger partial charge in [0, 0.05) is 13.1 Å². The maximum Gasteiger partial charge on any atom is 0.284 e. The van der Waals surface area contributed by atoms with Crippen molar-refractivity contribution in [2.24, 2.45) is 5.10 Å². The summed E-state index contributed by atoms with van der Waals surface area (Å²) in [6.07, 6.45) is 0.741. The topological polar surface area (TPSA) is 98.7 Å². The summed E-state index contributed by atoms with van der Waals surface area (Å²) in [5.74, 6) is 1.26. The first-order valence-electron chi connectivity index (χ1n) is 9.99. The first kappa shape index (κ1) is 20.7. The SMILES string of the molecule is O=C(N/N=C\c1ccc(OCC(=O)N2CCOCC2)cc1)[C@@H]1COc2ccccc2O1. The number of fused-ring (bicyclic) bond motifs is 1. The van der Waals surface area contributed by atoms with E-state index in [1.165, 1.54) is 6.21 Å². The number of para-hydroxylation sites is 2. The van der Waals surface area contributed by atoms with Crippen molar-refractivity contribution in [1.82, 2.24) is 10.3 Å². The molecule has 0 radical (unpaired) electrons. The maximum atomic E-state index is 12.2. The summed E-state index contributed by atoms with van der Waals surface area (Å²) in [6, 6.07) is 14.2. The number of rotatable bonds is 6. The fourth-order valence-electron chi connectivity index (χ4n) is 3.09. The fraction of sp³-hybridized carbons (Fsp3) is 0.318. The summed E-state index contributed by atoms with van der Waals surface area (Å²) in [5, 5.41) is 3.96. The van der Waals surface area contributed by atoms with Gasteiger partial charge in [-0.1, -0.05) is 12.1 Å². The van der Waals surface area contributed by atoms with E-state index in [-0.39, 0.29) is 19.1 Å². The number of hydrogen-bond donors (Lipinski definition) is 1. The Morgan fingerprint density at radius 1 is 1.10 bits per heavy atom. The Balaban J connectivity index is 1.22. The number of carbonyl (C=O) groups excluding carboxylic acids is 2. The van der Waals surface area contributed by atoms with Gasteiger partial charge < -0.3 is 23.8 Å². The second kappa shape index (κ2) is 9.94. The number of morpholine rings is 1. The van der Waals surface area contributed by atoms with Crippen LogP contribution in [0.4, 0.5) is 0 Å². The van der Waals surface area contributed by atoms with Gasteiger partial charge in [-0.3, -0.25) is 9.59 Å². The Hall–Kier alpha value is -3.59. The highest BCUT2D eigenvalue weighted by Crippen LogP contribution is 2.30. The molecule has 31 heavy (non-hydrogen) atoms. The predicted octanol–water partition coefficient (Wildman–Crippen LogP) is 1.21. The molecule has 0 aromatic heterocycles. The van der Waals surface area contributed by atoms with Gasteiger partial charge in [0.2, 0.25) is 6.10 Å². The zero-order chi connectivity index (χ0) is 21.5. The smallest absolute Gasteiger partial charge is 0.284 e. The molecule has 0 spiro atoms. The molecule has 9 heteroatoms. The molecule has 0 saturated carbocycles. The lowest BCUT2D eigenvalue weighted by Crippen LogP contribution is -2.42. The highest BCUT2D eigenvalue weighted by atomic mass is 16.6. The molecule has 162 valence electrons. The van der Waals surface area contributed by atoms with Gasteiger partial charge in [0.05, 0.1) is 19.4 Å². The Labute approximate surface area is 179 Å². The summed E-state index contributed by atoms with van der Waals surface area (Å²) in [7, 11) is 0. The van der Waals surface area contributed by atoms with Gasteiger partial charge in [0.15, 0.2) is 18.1 Å². The van der Waals surface area contributed by atoms with Crippen LogP contribution in [-0.4, -0.2) is 68.5 Å². The molecule has 0 unspecified atom stereocenters. The van der Waals surface area contributed by atoms with Crippen molar-refractivity contribution in [2.45, 2.75) is 6.10 Å². The second-order valence-electron chi connectivity index (χ2n) is 6.95. The lowest BCUT2D eigenvalue weighted by molar-refractivity contribution is -0.137. The van der Waals surface area contributed by atoms with E-state index in [4.69, 9.17) is 18.9 Å². The van der Waals surface area contributed by atoms with E-state index >= 15 is 0 Å². The first-order chi connectivity index (χ1) is 15.2. The van der Waals surface area contributed by atoms with E-state index < -0.39 is 12.0 Å². The van der Waals surface area contributed by atoms with Gasteiger partial charge in [-0.05, 0) is 42.0 Å². The van der Waals surface area contributed by atoms with Crippen LogP contribution >= 0.6 is 0 Å². The molecular weight excluding hydrogens is 402 g/mol. The Kier molecular flexibility index (Phi) is 6.63. The first-order valence-corrected chi connectivity index (χ1v) is 9.99. The highest BCUT2D eigenvalue weighted by Gasteiger charge is 2.27. The van der Waals surface area contributed by atoms with Gasteiger partial charge in [-0.15, -0.1) is 0 Å². The van der Waals surface area contributed by atoms with E-state index in [9.17, 15) is 9.59 Å². The molecule has 0 bridgehead atoms. The van der Waals surface area contributed by atoms with Crippen molar-refractivity contribution in [3.8, 4) is 17.2 Å². The number of nitrogens with zero attached hydrogens (tertiary/aromatic N) is 2. The van der Waals surface area contributed by atoms with Crippen LogP contribution in [0.25, 0.3) is 0 Å². The van der Waals surface area contributed by atoms with E-state index in [2.05, 4.69) is 10.5 Å². The van der Waals surface area contributed by atoms with Gasteiger partial charge >= 0.3 is 0 Å². The minimum Gasteiger partial charge on any atom is -0.485 e. The van der Waals surface area contributed by atoms with Crippen LogP contribution < -0.4 is 19.6 Å². The zero-order valence-electron chi connectivity index (χ0n) is 16.9. The molecule has 2 aromatic rings. The van der Waals surface area contributed by atoms with Crippen LogP contribution in [0.5, 0.6) is 17.2 Å². The second-order valence-corrected chi connectivity index (χ2v) is 6.95. The predicted molar refractivity (Wildman–Crippen MR) is 111 cm³/mol. The Morgan fingerprint density at radius 2 is 1.84 bits per heavy atom. The lowest BCUT2D eigenvalue weighted by Gasteiger charge is -2.26. The van der Waals surface area contributed by atoms with E-state index in [0.717, 1.165) is 5.56 Å². The average Bonchev–Trinajstić information content (AvgIpc) is 2.83. The van der Waals surface area contributed by atoms with Crippen LogP contribution in [0.1, 0.15) is 5.56 Å². The molecular formula is C22H23N3O6. The summed E-state index contributed by atoms with van der Waals surface area (Å²) < 4.78 is 22.0. The normalized spacial score (nSPS) is 17.9. The number of nitrogens with one attached hydrogen (secondary N) is 1. The van der Waals surface area contributed by atoms with Crippen LogP contribution in [0.3, 0.4) is 0 Å². The molecule has 9 nitrogen and oxygen atoms in total. The third-order valence-electron chi connectivity index (χ3n) is 4.80. The molecule has 1 N–H and O–H groups in total. The van der Waals surface area contributed by atoms with Crippen molar-refractivity contribution in [2.75, 3.05) is 39.5 Å². The molecule has 2 heterocycles. The molecule has 1 atom stereocenters. The number of benzene rings is 2. The highest BCUT2D eigenvalue weighted by molar-refractivity contribution is 5.85. The molecule has 4 rings (SSSR count). The number of amides is 2. The van der Waals surface area contributed by atoms with E-state index in [1.807, 2.05) is 12.1 Å². The number of ether oxygens (including phenoxy) is 4. The van der Waals surface area contributed by atoms with Crippen molar-refractivity contribution in [3.63, 3.8) is 0 Å². The van der Waals surface area contributed by atoms with Crippen LogP contribution in [0.15, 0.2) is 53.6 Å². The van der Waals surface area contributed by atoms with Gasteiger partial charge in [-0.25, -0.2) is 5.43 Å². The van der Waals surface area contributed by atoms with Crippen LogP contribution in [0.2, 0.25) is 0 Å². The van der Waals surface area contributed by atoms with E-state index in [1.54, 1.807) is 41.3 Å². The number of carbonyl (C=O) groups is 2. The van der Waals surface area contributed by atoms with Gasteiger partial charge in [0.25, 0.3) is 11.8 Å². The molecule has 2 aliphatic heterocycles.